The zero-order chi connectivity index (χ0) is 14.9. The Balaban J connectivity index is 2.14. The lowest BCUT2D eigenvalue weighted by Crippen LogP contribution is -2.27. The zero-order valence-electron chi connectivity index (χ0n) is 12.3. The van der Waals surface area contributed by atoms with Gasteiger partial charge in [-0.3, -0.25) is 0 Å². The normalized spacial score (nSPS) is 15.8. The molecule has 0 unspecified atom stereocenters. The minimum absolute atomic E-state index is 0.356. The van der Waals surface area contributed by atoms with Crippen molar-refractivity contribution in [1.82, 2.24) is 9.62 Å². The first-order valence-corrected chi connectivity index (χ1v) is 9.00. The van der Waals surface area contributed by atoms with Crippen LogP contribution in [0.4, 0.5) is 0 Å². The summed E-state index contributed by atoms with van der Waals surface area (Å²) in [5.41, 5.74) is 1.88. The predicted octanol–water partition coefficient (Wildman–Crippen LogP) is 2.51. The van der Waals surface area contributed by atoms with E-state index in [1.54, 1.807) is 13.1 Å². The van der Waals surface area contributed by atoms with Crippen LogP contribution in [0.2, 0.25) is 0 Å². The van der Waals surface area contributed by atoms with E-state index in [0.29, 0.717) is 16.8 Å². The van der Waals surface area contributed by atoms with Gasteiger partial charge in [0.05, 0.1) is 0 Å². The van der Waals surface area contributed by atoms with Crippen molar-refractivity contribution < 1.29 is 8.42 Å². The Morgan fingerprint density at radius 2 is 2.20 bits per heavy atom. The van der Waals surface area contributed by atoms with Gasteiger partial charge in [0, 0.05) is 31.1 Å². The van der Waals surface area contributed by atoms with Crippen molar-refractivity contribution in [2.24, 2.45) is 0 Å². The van der Waals surface area contributed by atoms with Crippen LogP contribution in [-0.4, -0.2) is 32.4 Å². The van der Waals surface area contributed by atoms with Crippen LogP contribution in [0.15, 0.2) is 22.4 Å². The number of sulfonamides is 1. The molecule has 0 bridgehead atoms. The molecule has 1 heterocycles. The molecule has 1 aliphatic carbocycles. The van der Waals surface area contributed by atoms with E-state index in [0.717, 1.165) is 22.6 Å². The first-order valence-electron chi connectivity index (χ1n) is 6.74. The molecule has 1 aromatic rings. The standard InChI is InChI=1S/C14H22N2O2S2/c1-10(2)9-16(4)20(17,18)14-7-11(3)13(19-14)8-15-12-5-6-12/h7,12,15H,1,5-6,8-9H2,2-4H3. The largest absolute Gasteiger partial charge is 0.309 e. The van der Waals surface area contributed by atoms with Crippen molar-refractivity contribution in [3.8, 4) is 0 Å². The van der Waals surface area contributed by atoms with Gasteiger partial charge in [0.1, 0.15) is 4.21 Å². The van der Waals surface area contributed by atoms with E-state index in [9.17, 15) is 8.42 Å². The first kappa shape index (κ1) is 15.7. The van der Waals surface area contributed by atoms with E-state index < -0.39 is 10.0 Å². The van der Waals surface area contributed by atoms with Gasteiger partial charge in [-0.15, -0.1) is 11.3 Å². The third kappa shape index (κ3) is 3.69. The number of hydrogen-bond acceptors (Lipinski definition) is 4. The Labute approximate surface area is 125 Å². The number of aryl methyl sites for hydroxylation is 1. The van der Waals surface area contributed by atoms with Gasteiger partial charge in [-0.05, 0) is 38.3 Å². The molecule has 0 radical (unpaired) electrons. The lowest BCUT2D eigenvalue weighted by atomic mass is 10.3. The minimum Gasteiger partial charge on any atom is -0.309 e. The number of nitrogens with zero attached hydrogens (tertiary/aromatic N) is 1. The topological polar surface area (TPSA) is 49.4 Å². The Hall–Kier alpha value is -0.690. The third-order valence-corrected chi connectivity index (χ3v) is 6.77. The fraction of sp³-hybridized carbons (Fsp3) is 0.571. The van der Waals surface area contributed by atoms with Crippen LogP contribution in [0.5, 0.6) is 0 Å². The van der Waals surface area contributed by atoms with Crippen molar-refractivity contribution in [2.75, 3.05) is 13.6 Å². The van der Waals surface area contributed by atoms with E-state index in [1.807, 2.05) is 13.8 Å². The summed E-state index contributed by atoms with van der Waals surface area (Å²) < 4.78 is 26.7. The number of hydrogen-bond donors (Lipinski definition) is 1. The van der Waals surface area contributed by atoms with E-state index in [1.165, 1.54) is 28.5 Å². The molecule has 2 rings (SSSR count). The summed E-state index contributed by atoms with van der Waals surface area (Å²) in [7, 11) is -1.80. The van der Waals surface area contributed by atoms with E-state index >= 15 is 0 Å². The van der Waals surface area contributed by atoms with Crippen molar-refractivity contribution in [3.63, 3.8) is 0 Å². The van der Waals surface area contributed by atoms with Gasteiger partial charge in [0.15, 0.2) is 0 Å². The number of likely N-dealkylation sites (N-methyl/N-ethyl adjacent to an activating group) is 1. The summed E-state index contributed by atoms with van der Waals surface area (Å²) in [5, 5.41) is 3.43. The molecule has 1 aromatic heterocycles. The summed E-state index contributed by atoms with van der Waals surface area (Å²) in [6.07, 6.45) is 2.47. The molecule has 1 fully saturated rings. The molecule has 1 N–H and O–H groups in total. The molecule has 0 amide bonds. The summed E-state index contributed by atoms with van der Waals surface area (Å²) in [5.74, 6) is 0. The molecular weight excluding hydrogens is 292 g/mol. The number of rotatable bonds is 7. The number of nitrogens with one attached hydrogen (secondary N) is 1. The summed E-state index contributed by atoms with van der Waals surface area (Å²) in [4.78, 5) is 1.11. The average Bonchev–Trinajstić information content (AvgIpc) is 3.09. The molecule has 0 atom stereocenters. The van der Waals surface area contributed by atoms with E-state index in [-0.39, 0.29) is 0 Å². The second-order valence-electron chi connectivity index (χ2n) is 5.54. The van der Waals surface area contributed by atoms with Crippen LogP contribution in [0.3, 0.4) is 0 Å². The van der Waals surface area contributed by atoms with Crippen LogP contribution in [0, 0.1) is 6.92 Å². The van der Waals surface area contributed by atoms with Crippen LogP contribution < -0.4 is 5.32 Å². The third-order valence-electron chi connectivity index (χ3n) is 3.28. The van der Waals surface area contributed by atoms with Gasteiger partial charge in [0.25, 0.3) is 10.0 Å². The van der Waals surface area contributed by atoms with E-state index in [4.69, 9.17) is 0 Å². The van der Waals surface area contributed by atoms with Crippen LogP contribution in [0.25, 0.3) is 0 Å². The molecule has 20 heavy (non-hydrogen) atoms. The quantitative estimate of drug-likeness (QED) is 0.787. The summed E-state index contributed by atoms with van der Waals surface area (Å²) in [6.45, 7) is 8.69. The first-order chi connectivity index (χ1) is 9.30. The second-order valence-corrected chi connectivity index (χ2v) is 8.95. The lowest BCUT2D eigenvalue weighted by molar-refractivity contribution is 0.495. The highest BCUT2D eigenvalue weighted by molar-refractivity contribution is 7.91. The maximum atomic E-state index is 12.5. The average molecular weight is 314 g/mol. The van der Waals surface area contributed by atoms with Gasteiger partial charge in [-0.25, -0.2) is 8.42 Å². The zero-order valence-corrected chi connectivity index (χ0v) is 13.9. The Bertz CT molecular complexity index is 601. The highest BCUT2D eigenvalue weighted by atomic mass is 32.2. The Morgan fingerprint density at radius 3 is 2.75 bits per heavy atom. The van der Waals surface area contributed by atoms with Crippen LogP contribution in [-0.2, 0) is 16.6 Å². The molecule has 0 aliphatic heterocycles. The minimum atomic E-state index is -3.40. The molecule has 112 valence electrons. The molecule has 1 aliphatic rings. The molecule has 6 heteroatoms. The molecule has 0 spiro atoms. The van der Waals surface area contributed by atoms with E-state index in [2.05, 4.69) is 11.9 Å². The monoisotopic (exact) mass is 314 g/mol. The second kappa shape index (κ2) is 5.97. The van der Waals surface area contributed by atoms with Crippen molar-refractivity contribution in [3.05, 3.63) is 28.7 Å². The number of thiophene rings is 1. The fourth-order valence-electron chi connectivity index (χ4n) is 1.93. The maximum Gasteiger partial charge on any atom is 0.252 e. The summed E-state index contributed by atoms with van der Waals surface area (Å²) >= 11 is 1.37. The highest BCUT2D eigenvalue weighted by Crippen LogP contribution is 2.29. The van der Waals surface area contributed by atoms with Crippen molar-refractivity contribution in [2.45, 2.75) is 43.5 Å². The molecule has 4 nitrogen and oxygen atoms in total. The van der Waals surface area contributed by atoms with Crippen molar-refractivity contribution in [1.29, 1.82) is 0 Å². The molecular formula is C14H22N2O2S2. The highest BCUT2D eigenvalue weighted by Gasteiger charge is 2.25. The summed E-state index contributed by atoms with van der Waals surface area (Å²) in [6, 6.07) is 2.40. The predicted molar refractivity (Wildman–Crippen MR) is 83.5 cm³/mol. The van der Waals surface area contributed by atoms with Crippen LogP contribution >= 0.6 is 11.3 Å². The van der Waals surface area contributed by atoms with Crippen molar-refractivity contribution >= 4 is 21.4 Å². The lowest BCUT2D eigenvalue weighted by Gasteiger charge is -2.15. The van der Waals surface area contributed by atoms with Gasteiger partial charge >= 0.3 is 0 Å². The van der Waals surface area contributed by atoms with Gasteiger partial charge < -0.3 is 5.32 Å². The fourth-order valence-corrected chi connectivity index (χ4v) is 4.92. The Morgan fingerprint density at radius 1 is 1.55 bits per heavy atom. The van der Waals surface area contributed by atoms with Gasteiger partial charge in [0.2, 0.25) is 0 Å². The maximum absolute atomic E-state index is 12.5. The Kier molecular flexibility index (Phi) is 4.69. The smallest absolute Gasteiger partial charge is 0.252 e. The SMILES string of the molecule is C=C(C)CN(C)S(=O)(=O)c1cc(C)c(CNC2CC2)s1. The van der Waals surface area contributed by atoms with Gasteiger partial charge in [-0.1, -0.05) is 12.2 Å². The van der Waals surface area contributed by atoms with Crippen LogP contribution in [0.1, 0.15) is 30.2 Å². The molecule has 1 saturated carbocycles. The van der Waals surface area contributed by atoms with Gasteiger partial charge in [-0.2, -0.15) is 4.31 Å². The molecule has 0 saturated heterocycles. The molecule has 0 aromatic carbocycles.